The highest BCUT2D eigenvalue weighted by molar-refractivity contribution is 5.76. The Balaban J connectivity index is 1.46. The molecule has 1 aliphatic heterocycles. The van der Waals surface area contributed by atoms with Gasteiger partial charge in [0, 0.05) is 38.1 Å². The van der Waals surface area contributed by atoms with Crippen molar-refractivity contribution in [3.63, 3.8) is 0 Å². The predicted molar refractivity (Wildman–Crippen MR) is 80.9 cm³/mol. The van der Waals surface area contributed by atoms with Crippen molar-refractivity contribution in [3.8, 4) is 0 Å². The number of amides is 1. The second-order valence-electron chi connectivity index (χ2n) is 5.46. The number of piperidine rings is 1. The molecule has 110 valence electrons. The van der Waals surface area contributed by atoms with Crippen molar-refractivity contribution < 1.29 is 4.79 Å². The molecular weight excluding hydrogens is 264 g/mol. The lowest BCUT2D eigenvalue weighted by Crippen LogP contribution is -2.45. The van der Waals surface area contributed by atoms with Crippen LogP contribution >= 0.6 is 0 Å². The molecule has 2 aromatic rings. The van der Waals surface area contributed by atoms with Gasteiger partial charge in [-0.25, -0.2) is 9.78 Å². The number of hydrogen-bond acceptors (Lipinski definition) is 3. The van der Waals surface area contributed by atoms with Crippen LogP contribution in [0.4, 0.5) is 4.79 Å². The van der Waals surface area contributed by atoms with Crippen LogP contribution in [0, 0.1) is 0 Å². The Bertz CT molecular complexity index is 559. The van der Waals surface area contributed by atoms with Gasteiger partial charge in [-0.3, -0.25) is 9.47 Å². The van der Waals surface area contributed by atoms with E-state index in [2.05, 4.69) is 39.5 Å². The van der Waals surface area contributed by atoms with Gasteiger partial charge in [0.1, 0.15) is 6.33 Å². The lowest BCUT2D eigenvalue weighted by molar-refractivity contribution is 0.187. The normalized spacial score (nSPS) is 16.8. The Morgan fingerprint density at radius 2 is 2.00 bits per heavy atom. The van der Waals surface area contributed by atoms with Gasteiger partial charge < -0.3 is 5.32 Å². The van der Waals surface area contributed by atoms with Gasteiger partial charge in [-0.2, -0.15) is 0 Å². The number of rotatable bonds is 3. The molecule has 1 aromatic carbocycles. The summed E-state index contributed by atoms with van der Waals surface area (Å²) in [5.41, 5.74) is 1.35. The first-order valence-electron chi connectivity index (χ1n) is 7.36. The second kappa shape index (κ2) is 6.54. The van der Waals surface area contributed by atoms with Crippen LogP contribution in [-0.2, 0) is 6.54 Å². The van der Waals surface area contributed by atoms with Crippen molar-refractivity contribution in [1.29, 1.82) is 0 Å². The summed E-state index contributed by atoms with van der Waals surface area (Å²) >= 11 is 0. The van der Waals surface area contributed by atoms with Gasteiger partial charge in [0.15, 0.2) is 0 Å². The van der Waals surface area contributed by atoms with E-state index in [0.717, 1.165) is 32.5 Å². The fourth-order valence-corrected chi connectivity index (χ4v) is 2.71. The molecule has 0 saturated carbocycles. The van der Waals surface area contributed by atoms with Crippen molar-refractivity contribution in [2.75, 3.05) is 13.1 Å². The van der Waals surface area contributed by atoms with E-state index in [-0.39, 0.29) is 12.1 Å². The van der Waals surface area contributed by atoms with Gasteiger partial charge in [0.2, 0.25) is 0 Å². The predicted octanol–water partition coefficient (Wildman–Crippen LogP) is 2.11. The lowest BCUT2D eigenvalue weighted by Gasteiger charge is -2.32. The maximum Gasteiger partial charge on any atom is 0.327 e. The Kier molecular flexibility index (Phi) is 4.31. The Morgan fingerprint density at radius 1 is 1.24 bits per heavy atom. The molecule has 1 saturated heterocycles. The van der Waals surface area contributed by atoms with Gasteiger partial charge >= 0.3 is 6.03 Å². The summed E-state index contributed by atoms with van der Waals surface area (Å²) in [6.45, 7) is 3.02. The van der Waals surface area contributed by atoms with E-state index in [9.17, 15) is 4.79 Å². The molecule has 3 rings (SSSR count). The summed E-state index contributed by atoms with van der Waals surface area (Å²) in [4.78, 5) is 18.3. The summed E-state index contributed by atoms with van der Waals surface area (Å²) in [6, 6.07) is 10.7. The van der Waals surface area contributed by atoms with Crippen LogP contribution in [0.3, 0.4) is 0 Å². The largest absolute Gasteiger partial charge is 0.335 e. The number of likely N-dealkylation sites (tertiary alicyclic amines) is 1. The molecule has 1 aromatic heterocycles. The SMILES string of the molecule is O=C(NC1CCN(Cc2ccccc2)CC1)n1ccnc1. The molecule has 1 amide bonds. The highest BCUT2D eigenvalue weighted by Crippen LogP contribution is 2.14. The molecule has 0 radical (unpaired) electrons. The average molecular weight is 284 g/mol. The van der Waals surface area contributed by atoms with Crippen LogP contribution in [0.15, 0.2) is 49.1 Å². The van der Waals surface area contributed by atoms with Gasteiger partial charge in [0.05, 0.1) is 0 Å². The van der Waals surface area contributed by atoms with E-state index >= 15 is 0 Å². The van der Waals surface area contributed by atoms with Crippen molar-refractivity contribution in [3.05, 3.63) is 54.6 Å². The maximum atomic E-state index is 11.9. The van der Waals surface area contributed by atoms with Crippen LogP contribution in [0.5, 0.6) is 0 Å². The number of imidazole rings is 1. The third kappa shape index (κ3) is 3.70. The highest BCUT2D eigenvalue weighted by atomic mass is 16.2. The number of hydrogen-bond donors (Lipinski definition) is 1. The second-order valence-corrected chi connectivity index (χ2v) is 5.46. The van der Waals surface area contributed by atoms with E-state index in [1.807, 2.05) is 6.07 Å². The summed E-state index contributed by atoms with van der Waals surface area (Å²) in [7, 11) is 0. The molecule has 0 spiro atoms. The van der Waals surface area contributed by atoms with Gasteiger partial charge in [0.25, 0.3) is 0 Å². The van der Waals surface area contributed by atoms with E-state index in [1.54, 1.807) is 12.4 Å². The number of nitrogens with one attached hydrogen (secondary N) is 1. The summed E-state index contributed by atoms with van der Waals surface area (Å²) in [5.74, 6) is 0. The molecule has 5 heteroatoms. The smallest absolute Gasteiger partial charge is 0.327 e. The third-order valence-electron chi connectivity index (χ3n) is 3.90. The quantitative estimate of drug-likeness (QED) is 0.939. The molecule has 0 bridgehead atoms. The maximum absolute atomic E-state index is 11.9. The summed E-state index contributed by atoms with van der Waals surface area (Å²) in [6.07, 6.45) is 6.79. The minimum atomic E-state index is -0.0889. The third-order valence-corrected chi connectivity index (χ3v) is 3.90. The van der Waals surface area contributed by atoms with E-state index in [4.69, 9.17) is 0 Å². The van der Waals surface area contributed by atoms with Gasteiger partial charge in [-0.05, 0) is 18.4 Å². The van der Waals surface area contributed by atoms with Crippen molar-refractivity contribution in [2.24, 2.45) is 0 Å². The molecule has 0 unspecified atom stereocenters. The summed E-state index contributed by atoms with van der Waals surface area (Å²) in [5, 5.41) is 3.06. The van der Waals surface area contributed by atoms with Gasteiger partial charge in [-0.1, -0.05) is 30.3 Å². The Hall–Kier alpha value is -2.14. The lowest BCUT2D eigenvalue weighted by atomic mass is 10.0. The first-order chi connectivity index (χ1) is 10.3. The van der Waals surface area contributed by atoms with Crippen LogP contribution in [-0.4, -0.2) is 39.6 Å². The fraction of sp³-hybridized carbons (Fsp3) is 0.375. The van der Waals surface area contributed by atoms with Gasteiger partial charge in [-0.15, -0.1) is 0 Å². The van der Waals surface area contributed by atoms with E-state index in [1.165, 1.54) is 16.5 Å². The molecule has 1 fully saturated rings. The zero-order valence-electron chi connectivity index (χ0n) is 12.0. The fourth-order valence-electron chi connectivity index (χ4n) is 2.71. The Labute approximate surface area is 124 Å². The number of carbonyl (C=O) groups is 1. The molecular formula is C16H20N4O. The topological polar surface area (TPSA) is 50.2 Å². The number of benzene rings is 1. The standard InChI is InChI=1S/C16H20N4O/c21-16(20-11-8-17-13-20)18-15-6-9-19(10-7-15)12-14-4-2-1-3-5-14/h1-5,8,11,13,15H,6-7,9-10,12H2,(H,18,21). The minimum absolute atomic E-state index is 0.0889. The van der Waals surface area contributed by atoms with E-state index < -0.39 is 0 Å². The molecule has 2 heterocycles. The number of nitrogens with zero attached hydrogens (tertiary/aromatic N) is 3. The van der Waals surface area contributed by atoms with Crippen LogP contribution in [0.2, 0.25) is 0 Å². The van der Waals surface area contributed by atoms with E-state index in [0.29, 0.717) is 0 Å². The van der Waals surface area contributed by atoms with Crippen LogP contribution in [0.1, 0.15) is 18.4 Å². The van der Waals surface area contributed by atoms with Crippen molar-refractivity contribution >= 4 is 6.03 Å². The monoisotopic (exact) mass is 284 g/mol. The van der Waals surface area contributed by atoms with Crippen molar-refractivity contribution in [2.45, 2.75) is 25.4 Å². The number of aromatic nitrogens is 2. The molecule has 0 atom stereocenters. The van der Waals surface area contributed by atoms with Crippen LogP contribution in [0.25, 0.3) is 0 Å². The van der Waals surface area contributed by atoms with Crippen molar-refractivity contribution in [1.82, 2.24) is 19.8 Å². The minimum Gasteiger partial charge on any atom is -0.335 e. The molecule has 1 N–H and O–H groups in total. The highest BCUT2D eigenvalue weighted by Gasteiger charge is 2.20. The molecule has 0 aliphatic carbocycles. The molecule has 5 nitrogen and oxygen atoms in total. The zero-order valence-corrected chi connectivity index (χ0v) is 12.0. The first-order valence-corrected chi connectivity index (χ1v) is 7.36. The average Bonchev–Trinajstić information content (AvgIpc) is 3.05. The molecule has 1 aliphatic rings. The van der Waals surface area contributed by atoms with Crippen LogP contribution < -0.4 is 5.32 Å². The number of carbonyl (C=O) groups excluding carboxylic acids is 1. The zero-order chi connectivity index (χ0) is 14.5. The summed E-state index contributed by atoms with van der Waals surface area (Å²) < 4.78 is 1.48. The molecule has 21 heavy (non-hydrogen) atoms. The Morgan fingerprint density at radius 3 is 2.67 bits per heavy atom. The first kappa shape index (κ1) is 13.8.